The molecular formula is C11H23N3. The van der Waals surface area contributed by atoms with Gasteiger partial charge in [0.15, 0.2) is 5.96 Å². The van der Waals surface area contributed by atoms with Gasteiger partial charge in [0, 0.05) is 25.2 Å². The van der Waals surface area contributed by atoms with Gasteiger partial charge in [-0.25, -0.2) is 0 Å². The molecule has 0 aromatic rings. The fourth-order valence-electron chi connectivity index (χ4n) is 1.64. The van der Waals surface area contributed by atoms with Gasteiger partial charge in [-0.3, -0.25) is 4.99 Å². The van der Waals surface area contributed by atoms with Gasteiger partial charge in [-0.15, -0.1) is 0 Å². The molecule has 0 saturated carbocycles. The van der Waals surface area contributed by atoms with Crippen LogP contribution in [0.2, 0.25) is 0 Å². The van der Waals surface area contributed by atoms with Crippen LogP contribution in [0.1, 0.15) is 40.5 Å². The maximum absolute atomic E-state index is 4.63. The number of likely N-dealkylation sites (tertiary alicyclic amines) is 1. The maximum atomic E-state index is 4.63. The molecule has 3 heteroatoms. The molecule has 0 spiro atoms. The van der Waals surface area contributed by atoms with Gasteiger partial charge in [0.25, 0.3) is 0 Å². The molecule has 14 heavy (non-hydrogen) atoms. The first kappa shape index (κ1) is 11.3. The van der Waals surface area contributed by atoms with E-state index in [4.69, 9.17) is 0 Å². The van der Waals surface area contributed by atoms with Crippen molar-refractivity contribution in [2.75, 3.05) is 13.1 Å². The zero-order chi connectivity index (χ0) is 10.6. The van der Waals surface area contributed by atoms with Crippen molar-refractivity contribution >= 4 is 5.96 Å². The van der Waals surface area contributed by atoms with Crippen molar-refractivity contribution in [1.29, 1.82) is 0 Å². The van der Waals surface area contributed by atoms with Crippen LogP contribution >= 0.6 is 0 Å². The van der Waals surface area contributed by atoms with E-state index in [-0.39, 0.29) is 0 Å². The second kappa shape index (κ2) is 5.23. The third-order valence-corrected chi connectivity index (χ3v) is 2.20. The fraction of sp³-hybridized carbons (Fsp3) is 0.909. The number of hydrogen-bond acceptors (Lipinski definition) is 1. The highest BCUT2D eigenvalue weighted by Crippen LogP contribution is 2.08. The van der Waals surface area contributed by atoms with Gasteiger partial charge in [-0.1, -0.05) is 0 Å². The summed E-state index contributed by atoms with van der Waals surface area (Å²) in [4.78, 5) is 6.99. The molecule has 82 valence electrons. The van der Waals surface area contributed by atoms with Crippen LogP contribution in [-0.2, 0) is 0 Å². The van der Waals surface area contributed by atoms with Crippen molar-refractivity contribution in [2.45, 2.75) is 52.6 Å². The van der Waals surface area contributed by atoms with Crippen molar-refractivity contribution in [3.8, 4) is 0 Å². The van der Waals surface area contributed by atoms with E-state index < -0.39 is 0 Å². The number of nitrogens with one attached hydrogen (secondary N) is 1. The summed E-state index contributed by atoms with van der Waals surface area (Å²) in [6.45, 7) is 10.9. The first-order chi connectivity index (χ1) is 6.59. The Morgan fingerprint density at radius 1 is 1.14 bits per heavy atom. The largest absolute Gasteiger partial charge is 0.354 e. The number of guanidine groups is 1. The molecule has 1 heterocycles. The van der Waals surface area contributed by atoms with Crippen molar-refractivity contribution in [3.63, 3.8) is 0 Å². The highest BCUT2D eigenvalue weighted by Gasteiger charge is 2.16. The molecule has 0 aliphatic carbocycles. The van der Waals surface area contributed by atoms with E-state index in [9.17, 15) is 0 Å². The van der Waals surface area contributed by atoms with E-state index in [2.05, 4.69) is 42.9 Å². The Hall–Kier alpha value is -0.730. The summed E-state index contributed by atoms with van der Waals surface area (Å²) in [5, 5.41) is 3.43. The van der Waals surface area contributed by atoms with E-state index in [1.165, 1.54) is 12.8 Å². The third kappa shape index (κ3) is 3.56. The molecule has 0 radical (unpaired) electrons. The Balaban J connectivity index is 2.60. The Morgan fingerprint density at radius 3 is 2.14 bits per heavy atom. The molecule has 0 atom stereocenters. The van der Waals surface area contributed by atoms with Crippen LogP contribution < -0.4 is 5.32 Å². The van der Waals surface area contributed by atoms with Crippen LogP contribution in [0.25, 0.3) is 0 Å². The number of hydrogen-bond donors (Lipinski definition) is 1. The Kier molecular flexibility index (Phi) is 4.23. The molecule has 0 amide bonds. The van der Waals surface area contributed by atoms with E-state index in [1.807, 2.05) is 0 Å². The van der Waals surface area contributed by atoms with Crippen LogP contribution in [0.4, 0.5) is 0 Å². The Morgan fingerprint density at radius 2 is 1.71 bits per heavy atom. The average Bonchev–Trinajstić information content (AvgIpc) is 2.52. The van der Waals surface area contributed by atoms with Crippen molar-refractivity contribution < 1.29 is 0 Å². The lowest BCUT2D eigenvalue weighted by molar-refractivity contribution is 0.478. The smallest absolute Gasteiger partial charge is 0.194 e. The maximum Gasteiger partial charge on any atom is 0.194 e. The van der Waals surface area contributed by atoms with Gasteiger partial charge in [0.05, 0.1) is 0 Å². The predicted molar refractivity (Wildman–Crippen MR) is 61.6 cm³/mol. The first-order valence-corrected chi connectivity index (χ1v) is 5.69. The molecule has 0 aromatic heterocycles. The first-order valence-electron chi connectivity index (χ1n) is 5.69. The standard InChI is InChI=1S/C11H23N3/c1-9(2)12-11(13-10(3)4)14-7-5-6-8-14/h9-10H,5-8H2,1-4H3,(H,12,13). The summed E-state index contributed by atoms with van der Waals surface area (Å²) in [5.74, 6) is 1.09. The highest BCUT2D eigenvalue weighted by molar-refractivity contribution is 5.80. The highest BCUT2D eigenvalue weighted by atomic mass is 15.3. The monoisotopic (exact) mass is 197 g/mol. The zero-order valence-electron chi connectivity index (χ0n) is 9.88. The molecule has 1 fully saturated rings. The van der Waals surface area contributed by atoms with E-state index in [1.54, 1.807) is 0 Å². The molecule has 1 saturated heterocycles. The zero-order valence-corrected chi connectivity index (χ0v) is 9.88. The summed E-state index contributed by atoms with van der Waals surface area (Å²) >= 11 is 0. The van der Waals surface area contributed by atoms with Gasteiger partial charge in [0.1, 0.15) is 0 Å². The minimum atomic E-state index is 0.372. The van der Waals surface area contributed by atoms with Gasteiger partial charge >= 0.3 is 0 Å². The molecule has 1 aliphatic rings. The van der Waals surface area contributed by atoms with Gasteiger partial charge < -0.3 is 10.2 Å². The quantitative estimate of drug-likeness (QED) is 0.540. The van der Waals surface area contributed by atoms with Crippen LogP contribution in [0.5, 0.6) is 0 Å². The van der Waals surface area contributed by atoms with E-state index in [0.717, 1.165) is 19.0 Å². The lowest BCUT2D eigenvalue weighted by Crippen LogP contribution is -2.43. The SMILES string of the molecule is CC(C)N=C(NC(C)C)N1CCCC1. The second-order valence-electron chi connectivity index (χ2n) is 4.54. The predicted octanol–water partition coefficient (Wildman–Crippen LogP) is 1.84. The lowest BCUT2D eigenvalue weighted by Gasteiger charge is -2.24. The molecule has 0 bridgehead atoms. The van der Waals surface area contributed by atoms with Gasteiger partial charge in [-0.05, 0) is 40.5 Å². The van der Waals surface area contributed by atoms with Crippen LogP contribution in [0, 0.1) is 0 Å². The summed E-state index contributed by atoms with van der Waals surface area (Å²) in [6.07, 6.45) is 2.60. The average molecular weight is 197 g/mol. The molecule has 1 aliphatic heterocycles. The lowest BCUT2D eigenvalue weighted by atomic mass is 10.4. The molecular weight excluding hydrogens is 174 g/mol. The van der Waals surface area contributed by atoms with Crippen molar-refractivity contribution in [1.82, 2.24) is 10.2 Å². The van der Waals surface area contributed by atoms with Crippen molar-refractivity contribution in [2.24, 2.45) is 4.99 Å². The molecule has 0 aromatic carbocycles. The molecule has 0 unspecified atom stereocenters. The summed E-state index contributed by atoms with van der Waals surface area (Å²) in [6, 6.07) is 0.838. The number of rotatable bonds is 2. The minimum absolute atomic E-state index is 0.372. The van der Waals surface area contributed by atoms with Gasteiger partial charge in [0.2, 0.25) is 0 Å². The molecule has 1 rings (SSSR count). The van der Waals surface area contributed by atoms with Crippen LogP contribution in [-0.4, -0.2) is 36.0 Å². The van der Waals surface area contributed by atoms with Gasteiger partial charge in [-0.2, -0.15) is 0 Å². The van der Waals surface area contributed by atoms with E-state index in [0.29, 0.717) is 12.1 Å². The number of nitrogens with zero attached hydrogens (tertiary/aromatic N) is 2. The normalized spacial score (nSPS) is 18.4. The molecule has 1 N–H and O–H groups in total. The van der Waals surface area contributed by atoms with Crippen LogP contribution in [0.15, 0.2) is 4.99 Å². The Labute approximate surface area is 87.6 Å². The summed E-state index contributed by atoms with van der Waals surface area (Å²) in [5.41, 5.74) is 0. The summed E-state index contributed by atoms with van der Waals surface area (Å²) < 4.78 is 0. The van der Waals surface area contributed by atoms with Crippen molar-refractivity contribution in [3.05, 3.63) is 0 Å². The van der Waals surface area contributed by atoms with Crippen LogP contribution in [0.3, 0.4) is 0 Å². The topological polar surface area (TPSA) is 27.6 Å². The summed E-state index contributed by atoms with van der Waals surface area (Å²) in [7, 11) is 0. The number of aliphatic imine (C=N–C) groups is 1. The fourth-order valence-corrected chi connectivity index (χ4v) is 1.64. The molecule has 3 nitrogen and oxygen atoms in total. The van der Waals surface area contributed by atoms with E-state index >= 15 is 0 Å². The Bertz CT molecular complexity index is 191. The minimum Gasteiger partial charge on any atom is -0.354 e. The second-order valence-corrected chi connectivity index (χ2v) is 4.54. The third-order valence-electron chi connectivity index (χ3n) is 2.20.